The lowest BCUT2D eigenvalue weighted by molar-refractivity contribution is -0.131. The zero-order valence-corrected chi connectivity index (χ0v) is 11.5. The van der Waals surface area contributed by atoms with E-state index in [0.717, 1.165) is 31.5 Å². The van der Waals surface area contributed by atoms with Gasteiger partial charge in [0.1, 0.15) is 5.82 Å². The van der Waals surface area contributed by atoms with Gasteiger partial charge in [0.05, 0.1) is 11.5 Å². The van der Waals surface area contributed by atoms with Crippen molar-refractivity contribution in [2.45, 2.75) is 32.7 Å². The second-order valence-electron chi connectivity index (χ2n) is 5.31. The van der Waals surface area contributed by atoms with Crippen molar-refractivity contribution in [2.75, 3.05) is 13.1 Å². The molecule has 4 heteroatoms. The average Bonchev–Trinajstić information content (AvgIpc) is 2.89. The van der Waals surface area contributed by atoms with E-state index >= 15 is 0 Å². The van der Waals surface area contributed by atoms with Gasteiger partial charge in [-0.05, 0) is 44.0 Å². The summed E-state index contributed by atoms with van der Waals surface area (Å²) in [7, 11) is 0. The Morgan fingerprint density at radius 3 is 2.68 bits per heavy atom. The second kappa shape index (κ2) is 5.70. The fraction of sp³-hybridized carbons (Fsp3) is 0.533. The zero-order chi connectivity index (χ0) is 13.9. The minimum Gasteiger partial charge on any atom is -0.349 e. The number of carbonyl (C=O) groups is 1. The molecule has 0 spiro atoms. The molecule has 2 rings (SSSR count). The third-order valence-corrected chi connectivity index (χ3v) is 4.12. The first-order valence-corrected chi connectivity index (χ1v) is 6.84. The number of benzene rings is 1. The molecule has 1 heterocycles. The van der Waals surface area contributed by atoms with E-state index in [9.17, 15) is 9.18 Å². The van der Waals surface area contributed by atoms with Gasteiger partial charge in [-0.15, -0.1) is 0 Å². The summed E-state index contributed by atoms with van der Waals surface area (Å²) in [6, 6.07) is 6.17. The summed E-state index contributed by atoms with van der Waals surface area (Å²) in [6.45, 7) is 5.61. The average molecular weight is 264 g/mol. The highest BCUT2D eigenvalue weighted by Gasteiger charge is 2.39. The third kappa shape index (κ3) is 2.95. The Hall–Kier alpha value is -1.42. The largest absolute Gasteiger partial charge is 0.349 e. The molecule has 1 aromatic rings. The molecule has 1 aliphatic heterocycles. The van der Waals surface area contributed by atoms with E-state index in [0.29, 0.717) is 0 Å². The van der Waals surface area contributed by atoms with E-state index in [1.165, 1.54) is 12.1 Å². The van der Waals surface area contributed by atoms with Crippen molar-refractivity contribution >= 4 is 5.91 Å². The van der Waals surface area contributed by atoms with Gasteiger partial charge in [0.25, 0.3) is 0 Å². The van der Waals surface area contributed by atoms with Crippen LogP contribution in [0.3, 0.4) is 0 Å². The van der Waals surface area contributed by atoms with Gasteiger partial charge in [-0.3, -0.25) is 4.79 Å². The van der Waals surface area contributed by atoms with E-state index in [2.05, 4.69) is 17.6 Å². The molecule has 0 aliphatic carbocycles. The highest BCUT2D eigenvalue weighted by molar-refractivity contribution is 5.83. The van der Waals surface area contributed by atoms with E-state index < -0.39 is 0 Å². The lowest BCUT2D eigenvalue weighted by Crippen LogP contribution is -2.43. The Balaban J connectivity index is 2.04. The van der Waals surface area contributed by atoms with Crippen molar-refractivity contribution in [1.29, 1.82) is 0 Å². The summed E-state index contributed by atoms with van der Waals surface area (Å²) in [4.78, 5) is 12.4. The van der Waals surface area contributed by atoms with Gasteiger partial charge in [-0.1, -0.05) is 19.1 Å². The van der Waals surface area contributed by atoms with Gasteiger partial charge in [0.2, 0.25) is 5.91 Å². The molecule has 1 saturated heterocycles. The van der Waals surface area contributed by atoms with E-state index in [1.807, 2.05) is 6.92 Å². The van der Waals surface area contributed by atoms with Crippen LogP contribution in [0.15, 0.2) is 24.3 Å². The summed E-state index contributed by atoms with van der Waals surface area (Å²) >= 11 is 0. The quantitative estimate of drug-likeness (QED) is 0.876. The number of nitrogens with one attached hydrogen (secondary N) is 2. The van der Waals surface area contributed by atoms with Gasteiger partial charge in [0.15, 0.2) is 0 Å². The SMILES string of the molecule is CCC1(C(=O)N[C@@H](C)c2ccc(F)cc2)CCNC1. The highest BCUT2D eigenvalue weighted by atomic mass is 19.1. The van der Waals surface area contributed by atoms with Gasteiger partial charge < -0.3 is 10.6 Å². The molecule has 2 atom stereocenters. The van der Waals surface area contributed by atoms with Crippen LogP contribution in [0.4, 0.5) is 4.39 Å². The van der Waals surface area contributed by atoms with E-state index in [1.54, 1.807) is 12.1 Å². The molecule has 2 N–H and O–H groups in total. The molecule has 0 aromatic heterocycles. The normalized spacial score (nSPS) is 24.2. The summed E-state index contributed by atoms with van der Waals surface area (Å²) < 4.78 is 12.9. The number of amides is 1. The van der Waals surface area contributed by atoms with E-state index in [-0.39, 0.29) is 23.2 Å². The Morgan fingerprint density at radius 2 is 2.16 bits per heavy atom. The van der Waals surface area contributed by atoms with Gasteiger partial charge in [0, 0.05) is 6.54 Å². The lowest BCUT2D eigenvalue weighted by Gasteiger charge is -2.27. The molecule has 1 unspecified atom stereocenters. The van der Waals surface area contributed by atoms with Crippen LogP contribution in [-0.2, 0) is 4.79 Å². The van der Waals surface area contributed by atoms with Crippen molar-refractivity contribution in [3.05, 3.63) is 35.6 Å². The molecular weight excluding hydrogens is 243 g/mol. The van der Waals surface area contributed by atoms with Crippen molar-refractivity contribution in [3.8, 4) is 0 Å². The standard InChI is InChI=1S/C15H21FN2O/c1-3-15(8-9-17-10-15)14(19)18-11(2)12-4-6-13(16)7-5-12/h4-7,11,17H,3,8-10H2,1-2H3,(H,18,19)/t11-,15?/m0/s1. The first-order valence-electron chi connectivity index (χ1n) is 6.84. The van der Waals surface area contributed by atoms with Gasteiger partial charge >= 0.3 is 0 Å². The minimum atomic E-state index is -0.283. The number of carbonyl (C=O) groups excluding carboxylic acids is 1. The van der Waals surface area contributed by atoms with Crippen LogP contribution in [0.1, 0.15) is 38.3 Å². The summed E-state index contributed by atoms with van der Waals surface area (Å²) in [6.07, 6.45) is 1.72. The fourth-order valence-electron chi connectivity index (χ4n) is 2.58. The van der Waals surface area contributed by atoms with Crippen molar-refractivity contribution in [1.82, 2.24) is 10.6 Å². The maximum Gasteiger partial charge on any atom is 0.228 e. The molecule has 0 bridgehead atoms. The van der Waals surface area contributed by atoms with Gasteiger partial charge in [-0.2, -0.15) is 0 Å². The molecule has 1 fully saturated rings. The Morgan fingerprint density at radius 1 is 1.47 bits per heavy atom. The fourth-order valence-corrected chi connectivity index (χ4v) is 2.58. The molecule has 19 heavy (non-hydrogen) atoms. The Kier molecular flexibility index (Phi) is 4.20. The van der Waals surface area contributed by atoms with Gasteiger partial charge in [-0.25, -0.2) is 4.39 Å². The van der Waals surface area contributed by atoms with Crippen molar-refractivity contribution < 1.29 is 9.18 Å². The summed E-state index contributed by atoms with van der Waals surface area (Å²) in [5.74, 6) is -0.163. The Bertz CT molecular complexity index is 438. The smallest absolute Gasteiger partial charge is 0.228 e. The first kappa shape index (κ1) is 14.0. The Labute approximate surface area is 113 Å². The highest BCUT2D eigenvalue weighted by Crippen LogP contribution is 2.30. The molecule has 0 radical (unpaired) electrons. The predicted molar refractivity (Wildman–Crippen MR) is 73.2 cm³/mol. The lowest BCUT2D eigenvalue weighted by atomic mass is 9.83. The van der Waals surface area contributed by atoms with Crippen molar-refractivity contribution in [2.24, 2.45) is 5.41 Å². The van der Waals surface area contributed by atoms with Crippen LogP contribution in [0.2, 0.25) is 0 Å². The number of hydrogen-bond donors (Lipinski definition) is 2. The molecule has 0 saturated carbocycles. The molecule has 1 amide bonds. The maximum absolute atomic E-state index is 12.9. The summed E-state index contributed by atoms with van der Waals surface area (Å²) in [5, 5.41) is 6.30. The summed E-state index contributed by atoms with van der Waals surface area (Å²) in [5.41, 5.74) is 0.640. The number of hydrogen-bond acceptors (Lipinski definition) is 2. The van der Waals surface area contributed by atoms with Crippen LogP contribution in [-0.4, -0.2) is 19.0 Å². The third-order valence-electron chi connectivity index (χ3n) is 4.12. The molecule has 104 valence electrons. The molecule has 3 nitrogen and oxygen atoms in total. The minimum absolute atomic E-state index is 0.0943. The van der Waals surface area contributed by atoms with Crippen LogP contribution in [0.5, 0.6) is 0 Å². The molecular formula is C15H21FN2O. The van der Waals surface area contributed by atoms with E-state index in [4.69, 9.17) is 0 Å². The van der Waals surface area contributed by atoms with Crippen LogP contribution >= 0.6 is 0 Å². The zero-order valence-electron chi connectivity index (χ0n) is 11.5. The molecule has 1 aliphatic rings. The second-order valence-corrected chi connectivity index (χ2v) is 5.31. The van der Waals surface area contributed by atoms with Crippen LogP contribution < -0.4 is 10.6 Å². The number of rotatable bonds is 4. The van der Waals surface area contributed by atoms with Crippen LogP contribution in [0.25, 0.3) is 0 Å². The number of halogens is 1. The monoisotopic (exact) mass is 264 g/mol. The molecule has 1 aromatic carbocycles. The topological polar surface area (TPSA) is 41.1 Å². The maximum atomic E-state index is 12.9. The van der Waals surface area contributed by atoms with Crippen LogP contribution in [0, 0.1) is 11.2 Å². The predicted octanol–water partition coefficient (Wildman–Crippen LogP) is 2.39. The van der Waals surface area contributed by atoms with Crippen molar-refractivity contribution in [3.63, 3.8) is 0 Å². The first-order chi connectivity index (χ1) is 9.07.